The SMILES string of the molecule is CCCCC(CC)C(=O)N(CCOC)Cc1cccc(OS(C)(=O)=O)c1. The van der Waals surface area contributed by atoms with Crippen LogP contribution >= 0.6 is 0 Å². The van der Waals surface area contributed by atoms with Gasteiger partial charge in [-0.2, -0.15) is 8.42 Å². The Morgan fingerprint density at radius 3 is 2.58 bits per heavy atom. The van der Waals surface area contributed by atoms with E-state index in [4.69, 9.17) is 8.92 Å². The van der Waals surface area contributed by atoms with E-state index in [-0.39, 0.29) is 17.6 Å². The molecule has 148 valence electrons. The summed E-state index contributed by atoms with van der Waals surface area (Å²) in [6.45, 7) is 5.50. The minimum atomic E-state index is -3.58. The number of rotatable bonds is 12. The number of ether oxygens (including phenoxy) is 1. The Bertz CT molecular complexity index is 660. The Morgan fingerprint density at radius 1 is 1.27 bits per heavy atom. The van der Waals surface area contributed by atoms with Crippen LogP contribution in [0.15, 0.2) is 24.3 Å². The van der Waals surface area contributed by atoms with Gasteiger partial charge in [-0.15, -0.1) is 0 Å². The molecule has 7 heteroatoms. The second-order valence-corrected chi connectivity index (χ2v) is 8.01. The number of nitrogens with zero attached hydrogens (tertiary/aromatic N) is 1. The molecule has 26 heavy (non-hydrogen) atoms. The summed E-state index contributed by atoms with van der Waals surface area (Å²) in [6, 6.07) is 6.82. The summed E-state index contributed by atoms with van der Waals surface area (Å²) < 4.78 is 32.7. The number of hydrogen-bond acceptors (Lipinski definition) is 5. The second-order valence-electron chi connectivity index (χ2n) is 6.43. The topological polar surface area (TPSA) is 72.9 Å². The molecule has 0 aliphatic carbocycles. The third kappa shape index (κ3) is 8.19. The molecule has 0 aliphatic rings. The first kappa shape index (κ1) is 22.4. The fourth-order valence-electron chi connectivity index (χ4n) is 2.77. The number of amides is 1. The molecule has 0 aromatic heterocycles. The van der Waals surface area contributed by atoms with E-state index in [1.807, 2.05) is 13.0 Å². The van der Waals surface area contributed by atoms with Crippen molar-refractivity contribution in [3.8, 4) is 5.75 Å². The van der Waals surface area contributed by atoms with Gasteiger partial charge in [-0.3, -0.25) is 4.79 Å². The molecule has 1 aromatic rings. The molecule has 6 nitrogen and oxygen atoms in total. The molecule has 1 amide bonds. The highest BCUT2D eigenvalue weighted by Gasteiger charge is 2.22. The molecule has 1 atom stereocenters. The summed E-state index contributed by atoms with van der Waals surface area (Å²) in [7, 11) is -1.97. The van der Waals surface area contributed by atoms with E-state index < -0.39 is 10.1 Å². The molecule has 0 saturated carbocycles. The molecule has 0 N–H and O–H groups in total. The Labute approximate surface area is 157 Å². The lowest BCUT2D eigenvalue weighted by Gasteiger charge is -2.27. The summed E-state index contributed by atoms with van der Waals surface area (Å²) in [4.78, 5) is 14.7. The average molecular weight is 386 g/mol. The van der Waals surface area contributed by atoms with E-state index in [2.05, 4.69) is 6.92 Å². The average Bonchev–Trinajstić information content (AvgIpc) is 2.57. The van der Waals surface area contributed by atoms with E-state index in [0.29, 0.717) is 19.7 Å². The van der Waals surface area contributed by atoms with Gasteiger partial charge in [-0.25, -0.2) is 0 Å². The van der Waals surface area contributed by atoms with Crippen LogP contribution in [0.5, 0.6) is 5.75 Å². The monoisotopic (exact) mass is 385 g/mol. The quantitative estimate of drug-likeness (QED) is 0.517. The van der Waals surface area contributed by atoms with E-state index in [9.17, 15) is 13.2 Å². The van der Waals surface area contributed by atoms with Gasteiger partial charge in [0.25, 0.3) is 0 Å². The molecule has 0 radical (unpaired) electrons. The van der Waals surface area contributed by atoms with Crippen molar-refractivity contribution >= 4 is 16.0 Å². The summed E-state index contributed by atoms with van der Waals surface area (Å²) in [5.41, 5.74) is 0.820. The lowest BCUT2D eigenvalue weighted by molar-refractivity contribution is -0.137. The zero-order chi connectivity index (χ0) is 19.6. The molecule has 0 spiro atoms. The van der Waals surface area contributed by atoms with Crippen LogP contribution in [0.1, 0.15) is 45.1 Å². The maximum absolute atomic E-state index is 12.9. The van der Waals surface area contributed by atoms with Crippen LogP contribution in [-0.4, -0.2) is 45.7 Å². The number of methoxy groups -OCH3 is 1. The fourth-order valence-corrected chi connectivity index (χ4v) is 3.22. The molecule has 0 heterocycles. The molecule has 0 fully saturated rings. The van der Waals surface area contributed by atoms with Gasteiger partial charge in [0.2, 0.25) is 5.91 Å². The second kappa shape index (κ2) is 11.2. The van der Waals surface area contributed by atoms with Gasteiger partial charge in [-0.1, -0.05) is 38.8 Å². The first-order valence-electron chi connectivity index (χ1n) is 9.06. The number of carbonyl (C=O) groups is 1. The summed E-state index contributed by atoms with van der Waals surface area (Å²) in [6.07, 6.45) is 4.78. The predicted octanol–water partition coefficient (Wildman–Crippen LogP) is 3.22. The number of hydrogen-bond donors (Lipinski definition) is 0. The molecular weight excluding hydrogens is 354 g/mol. The highest BCUT2D eigenvalue weighted by molar-refractivity contribution is 7.86. The van der Waals surface area contributed by atoms with Crippen molar-refractivity contribution in [2.75, 3.05) is 26.5 Å². The Hall–Kier alpha value is -1.60. The van der Waals surface area contributed by atoms with Crippen molar-refractivity contribution < 1.29 is 22.1 Å². The van der Waals surface area contributed by atoms with Crippen LogP contribution in [0.25, 0.3) is 0 Å². The van der Waals surface area contributed by atoms with Crippen LogP contribution in [0.4, 0.5) is 0 Å². The van der Waals surface area contributed by atoms with Gasteiger partial charge in [0, 0.05) is 26.1 Å². The lowest BCUT2D eigenvalue weighted by Crippen LogP contribution is -2.37. The third-order valence-electron chi connectivity index (χ3n) is 4.14. The van der Waals surface area contributed by atoms with Gasteiger partial charge in [0.1, 0.15) is 5.75 Å². The molecule has 1 aromatic carbocycles. The Kier molecular flexibility index (Phi) is 9.65. The molecule has 0 saturated heterocycles. The van der Waals surface area contributed by atoms with E-state index in [0.717, 1.165) is 37.5 Å². The molecule has 0 bridgehead atoms. The molecular formula is C19H31NO5S. The standard InChI is InChI=1S/C19H31NO5S/c1-5-7-10-17(6-2)19(21)20(12-13-24-3)15-16-9-8-11-18(14-16)25-26(4,22)23/h8-9,11,14,17H,5-7,10,12-13,15H2,1-4H3. The lowest BCUT2D eigenvalue weighted by atomic mass is 9.97. The minimum Gasteiger partial charge on any atom is -0.383 e. The highest BCUT2D eigenvalue weighted by atomic mass is 32.2. The summed E-state index contributed by atoms with van der Waals surface area (Å²) in [5, 5.41) is 0. The Balaban J connectivity index is 2.92. The van der Waals surface area contributed by atoms with E-state index >= 15 is 0 Å². The van der Waals surface area contributed by atoms with Crippen LogP contribution in [0.2, 0.25) is 0 Å². The van der Waals surface area contributed by atoms with Gasteiger partial charge in [-0.05, 0) is 30.5 Å². The van der Waals surface area contributed by atoms with Gasteiger partial charge in [0.05, 0.1) is 12.9 Å². The van der Waals surface area contributed by atoms with Crippen LogP contribution < -0.4 is 4.18 Å². The van der Waals surface area contributed by atoms with E-state index in [1.165, 1.54) is 0 Å². The van der Waals surface area contributed by atoms with Crippen molar-refractivity contribution in [3.63, 3.8) is 0 Å². The number of carbonyl (C=O) groups excluding carboxylic acids is 1. The van der Waals surface area contributed by atoms with Gasteiger partial charge in [0.15, 0.2) is 0 Å². The Morgan fingerprint density at radius 2 is 2.00 bits per heavy atom. The molecule has 1 rings (SSSR count). The van der Waals surface area contributed by atoms with Gasteiger partial charge < -0.3 is 13.8 Å². The van der Waals surface area contributed by atoms with Crippen molar-refractivity contribution in [1.82, 2.24) is 4.90 Å². The molecule has 0 aliphatic heterocycles. The first-order chi connectivity index (χ1) is 12.3. The van der Waals surface area contributed by atoms with Crippen LogP contribution in [0.3, 0.4) is 0 Å². The zero-order valence-corrected chi connectivity index (χ0v) is 17.0. The van der Waals surface area contributed by atoms with Crippen molar-refractivity contribution in [2.45, 2.75) is 46.1 Å². The van der Waals surface area contributed by atoms with Crippen LogP contribution in [0, 0.1) is 5.92 Å². The fraction of sp³-hybridized carbons (Fsp3) is 0.632. The van der Waals surface area contributed by atoms with E-state index in [1.54, 1.807) is 30.2 Å². The molecule has 1 unspecified atom stereocenters. The normalized spacial score (nSPS) is 12.6. The largest absolute Gasteiger partial charge is 0.383 e. The number of benzene rings is 1. The maximum Gasteiger partial charge on any atom is 0.306 e. The minimum absolute atomic E-state index is 0.00209. The summed E-state index contributed by atoms with van der Waals surface area (Å²) in [5.74, 6) is 0.372. The smallest absolute Gasteiger partial charge is 0.306 e. The van der Waals surface area contributed by atoms with Gasteiger partial charge >= 0.3 is 10.1 Å². The highest BCUT2D eigenvalue weighted by Crippen LogP contribution is 2.20. The third-order valence-corrected chi connectivity index (χ3v) is 4.64. The van der Waals surface area contributed by atoms with Crippen molar-refractivity contribution in [2.24, 2.45) is 5.92 Å². The van der Waals surface area contributed by atoms with Crippen molar-refractivity contribution in [3.05, 3.63) is 29.8 Å². The number of unbranched alkanes of at least 4 members (excludes halogenated alkanes) is 1. The van der Waals surface area contributed by atoms with Crippen molar-refractivity contribution in [1.29, 1.82) is 0 Å². The van der Waals surface area contributed by atoms with Crippen LogP contribution in [-0.2, 0) is 26.2 Å². The zero-order valence-electron chi connectivity index (χ0n) is 16.2. The maximum atomic E-state index is 12.9. The predicted molar refractivity (Wildman–Crippen MR) is 103 cm³/mol. The summed E-state index contributed by atoms with van der Waals surface area (Å²) >= 11 is 0. The first-order valence-corrected chi connectivity index (χ1v) is 10.9.